The highest BCUT2D eigenvalue weighted by Crippen LogP contribution is 2.24. The Labute approximate surface area is 165 Å². The number of nitrogens with one attached hydrogen (secondary N) is 1. The van der Waals surface area contributed by atoms with Gasteiger partial charge in [0.05, 0.1) is 11.1 Å². The van der Waals surface area contributed by atoms with Crippen molar-refractivity contribution in [1.29, 1.82) is 0 Å². The number of anilines is 1. The second-order valence-electron chi connectivity index (χ2n) is 6.30. The molecule has 0 unspecified atom stereocenters. The lowest BCUT2D eigenvalue weighted by Crippen LogP contribution is -2.21. The van der Waals surface area contributed by atoms with Gasteiger partial charge in [-0.15, -0.1) is 0 Å². The molecule has 0 fully saturated rings. The molecule has 6 heteroatoms. The maximum absolute atomic E-state index is 12.7. The van der Waals surface area contributed by atoms with Crippen LogP contribution in [0.4, 0.5) is 5.69 Å². The first-order valence-electron chi connectivity index (χ1n) is 8.46. The van der Waals surface area contributed by atoms with Gasteiger partial charge < -0.3 is 10.1 Å². The van der Waals surface area contributed by atoms with Crippen LogP contribution >= 0.6 is 15.9 Å². The molecule has 0 atom stereocenters. The van der Waals surface area contributed by atoms with Crippen molar-refractivity contribution in [2.45, 2.75) is 20.8 Å². The van der Waals surface area contributed by atoms with Crippen LogP contribution in [-0.4, -0.2) is 23.5 Å². The van der Waals surface area contributed by atoms with Crippen LogP contribution in [0.1, 0.15) is 27.2 Å². The minimum Gasteiger partial charge on any atom is -0.452 e. The summed E-state index contributed by atoms with van der Waals surface area (Å²) in [6.45, 7) is 5.25. The molecule has 5 nitrogen and oxygen atoms in total. The first kappa shape index (κ1) is 19.0. The molecular formula is C21H19BrN2O3. The maximum Gasteiger partial charge on any atom is 0.339 e. The van der Waals surface area contributed by atoms with E-state index in [1.165, 1.54) is 0 Å². The highest BCUT2D eigenvalue weighted by Gasteiger charge is 2.18. The van der Waals surface area contributed by atoms with Crippen LogP contribution in [0.3, 0.4) is 0 Å². The van der Waals surface area contributed by atoms with Gasteiger partial charge in [-0.3, -0.25) is 9.78 Å². The number of esters is 1. The number of nitrogens with zero attached hydrogens (tertiary/aromatic N) is 1. The van der Waals surface area contributed by atoms with Crippen LogP contribution in [0.5, 0.6) is 0 Å². The van der Waals surface area contributed by atoms with Crippen molar-refractivity contribution >= 4 is 44.4 Å². The summed E-state index contributed by atoms with van der Waals surface area (Å²) < 4.78 is 6.23. The van der Waals surface area contributed by atoms with Crippen LogP contribution in [-0.2, 0) is 9.53 Å². The number of aryl methyl sites for hydroxylation is 2. The molecule has 1 heterocycles. The van der Waals surface area contributed by atoms with E-state index in [0.717, 1.165) is 32.2 Å². The quantitative estimate of drug-likeness (QED) is 0.612. The van der Waals surface area contributed by atoms with Crippen molar-refractivity contribution < 1.29 is 14.3 Å². The zero-order valence-corrected chi connectivity index (χ0v) is 16.9. The number of hydrogen-bond donors (Lipinski definition) is 1. The second-order valence-corrected chi connectivity index (χ2v) is 7.16. The Kier molecular flexibility index (Phi) is 5.56. The summed E-state index contributed by atoms with van der Waals surface area (Å²) >= 11 is 3.42. The number of ether oxygens (including phenoxy) is 1. The van der Waals surface area contributed by atoms with Gasteiger partial charge in [-0.1, -0.05) is 34.1 Å². The zero-order valence-electron chi connectivity index (χ0n) is 15.3. The van der Waals surface area contributed by atoms with E-state index in [1.54, 1.807) is 6.07 Å². The summed E-state index contributed by atoms with van der Waals surface area (Å²) in [6, 6.07) is 12.9. The largest absolute Gasteiger partial charge is 0.452 e. The number of carbonyl (C=O) groups excluding carboxylic acids is 2. The van der Waals surface area contributed by atoms with E-state index in [1.807, 2.05) is 57.2 Å². The number of amides is 1. The fourth-order valence-electron chi connectivity index (χ4n) is 2.82. The second kappa shape index (κ2) is 7.88. The Morgan fingerprint density at radius 1 is 1.11 bits per heavy atom. The van der Waals surface area contributed by atoms with Gasteiger partial charge in [0.1, 0.15) is 0 Å². The van der Waals surface area contributed by atoms with Gasteiger partial charge in [0.15, 0.2) is 6.61 Å². The van der Waals surface area contributed by atoms with E-state index in [-0.39, 0.29) is 6.61 Å². The van der Waals surface area contributed by atoms with Gasteiger partial charge >= 0.3 is 5.97 Å². The molecule has 0 bridgehead atoms. The van der Waals surface area contributed by atoms with Crippen molar-refractivity contribution in [2.75, 3.05) is 11.9 Å². The Morgan fingerprint density at radius 2 is 1.85 bits per heavy atom. The fraction of sp³-hybridized carbons (Fsp3) is 0.190. The first-order chi connectivity index (χ1) is 12.9. The zero-order chi connectivity index (χ0) is 19.6. The number of fused-ring (bicyclic) bond motifs is 1. The van der Waals surface area contributed by atoms with Crippen molar-refractivity contribution in [1.82, 2.24) is 4.98 Å². The molecule has 27 heavy (non-hydrogen) atoms. The van der Waals surface area contributed by atoms with Crippen molar-refractivity contribution in [3.05, 3.63) is 69.3 Å². The molecule has 3 aromatic rings. The topological polar surface area (TPSA) is 68.3 Å². The Balaban J connectivity index is 1.74. The molecule has 0 spiro atoms. The average Bonchev–Trinajstić information content (AvgIpc) is 2.64. The Bertz CT molecular complexity index is 1050. The highest BCUT2D eigenvalue weighted by atomic mass is 79.9. The summed E-state index contributed by atoms with van der Waals surface area (Å²) in [5, 5.41) is 3.45. The third kappa shape index (κ3) is 4.17. The van der Waals surface area contributed by atoms with Crippen molar-refractivity contribution in [3.63, 3.8) is 0 Å². The van der Waals surface area contributed by atoms with E-state index in [0.29, 0.717) is 11.3 Å². The van der Waals surface area contributed by atoms with E-state index in [2.05, 4.69) is 26.2 Å². The Morgan fingerprint density at radius 3 is 2.59 bits per heavy atom. The number of benzene rings is 2. The third-order valence-corrected chi connectivity index (χ3v) is 5.25. The summed E-state index contributed by atoms with van der Waals surface area (Å²) in [6.07, 6.45) is 0. The number of aromatic nitrogens is 1. The molecule has 3 rings (SSSR count). The number of rotatable bonds is 4. The summed E-state index contributed by atoms with van der Waals surface area (Å²) in [5.74, 6) is -0.922. The molecule has 0 aliphatic heterocycles. The molecule has 1 N–H and O–H groups in total. The summed E-state index contributed by atoms with van der Waals surface area (Å²) in [5.41, 5.74) is 4.34. The SMILES string of the molecule is Cc1cc(NC(=O)COC(=O)c2c(C)c(C)nc3ccccc23)ccc1Br. The molecule has 2 aromatic carbocycles. The monoisotopic (exact) mass is 426 g/mol. The number of halogens is 1. The minimum absolute atomic E-state index is 0.358. The third-order valence-electron chi connectivity index (χ3n) is 4.36. The van der Waals surface area contributed by atoms with E-state index in [9.17, 15) is 9.59 Å². The van der Waals surface area contributed by atoms with E-state index in [4.69, 9.17) is 4.74 Å². The molecular weight excluding hydrogens is 408 g/mol. The molecule has 0 aliphatic rings. The van der Waals surface area contributed by atoms with Crippen LogP contribution in [0.15, 0.2) is 46.9 Å². The van der Waals surface area contributed by atoms with Gasteiger partial charge in [-0.25, -0.2) is 4.79 Å². The molecule has 0 radical (unpaired) electrons. The highest BCUT2D eigenvalue weighted by molar-refractivity contribution is 9.10. The van der Waals surface area contributed by atoms with Crippen LogP contribution in [0, 0.1) is 20.8 Å². The van der Waals surface area contributed by atoms with Crippen LogP contribution in [0.2, 0.25) is 0 Å². The van der Waals surface area contributed by atoms with Crippen LogP contribution < -0.4 is 5.32 Å². The van der Waals surface area contributed by atoms with Gasteiger partial charge in [-0.2, -0.15) is 0 Å². The number of pyridine rings is 1. The molecule has 1 aromatic heterocycles. The number of para-hydroxylation sites is 1. The molecule has 138 valence electrons. The molecule has 0 aliphatic carbocycles. The van der Waals surface area contributed by atoms with E-state index < -0.39 is 11.9 Å². The van der Waals surface area contributed by atoms with Gasteiger partial charge in [-0.05, 0) is 56.2 Å². The predicted molar refractivity (Wildman–Crippen MR) is 109 cm³/mol. The standard InChI is InChI=1S/C21H19BrN2O3/c1-12-10-15(8-9-17(12)22)24-19(25)11-27-21(26)20-13(2)14(3)23-18-7-5-4-6-16(18)20/h4-10H,11H2,1-3H3,(H,24,25). The number of carbonyl (C=O) groups is 2. The first-order valence-corrected chi connectivity index (χ1v) is 9.25. The Hall–Kier alpha value is -2.73. The predicted octanol–water partition coefficient (Wildman–Crippen LogP) is 4.72. The molecule has 0 saturated carbocycles. The number of hydrogen-bond acceptors (Lipinski definition) is 4. The summed E-state index contributed by atoms with van der Waals surface area (Å²) in [7, 11) is 0. The normalized spacial score (nSPS) is 10.7. The average molecular weight is 427 g/mol. The van der Waals surface area contributed by atoms with Crippen molar-refractivity contribution in [2.24, 2.45) is 0 Å². The van der Waals surface area contributed by atoms with Crippen molar-refractivity contribution in [3.8, 4) is 0 Å². The van der Waals surface area contributed by atoms with Crippen LogP contribution in [0.25, 0.3) is 10.9 Å². The maximum atomic E-state index is 12.7. The lowest BCUT2D eigenvalue weighted by atomic mass is 10.0. The van der Waals surface area contributed by atoms with E-state index >= 15 is 0 Å². The van der Waals surface area contributed by atoms with Gasteiger partial charge in [0, 0.05) is 21.2 Å². The molecule has 0 saturated heterocycles. The minimum atomic E-state index is -0.531. The lowest BCUT2D eigenvalue weighted by Gasteiger charge is -2.12. The summed E-state index contributed by atoms with van der Waals surface area (Å²) in [4.78, 5) is 29.3. The van der Waals surface area contributed by atoms with Gasteiger partial charge in [0.25, 0.3) is 5.91 Å². The van der Waals surface area contributed by atoms with Gasteiger partial charge in [0.2, 0.25) is 0 Å². The smallest absolute Gasteiger partial charge is 0.339 e. The molecule has 1 amide bonds. The lowest BCUT2D eigenvalue weighted by molar-refractivity contribution is -0.119. The fourth-order valence-corrected chi connectivity index (χ4v) is 3.06.